The molecule has 1 N–H and O–H groups in total. The van der Waals surface area contributed by atoms with Crippen LogP contribution in [0.1, 0.15) is 47.8 Å². The normalized spacial score (nSPS) is 11.3. The van der Waals surface area contributed by atoms with Gasteiger partial charge in [-0.05, 0) is 60.2 Å². The van der Waals surface area contributed by atoms with Gasteiger partial charge in [0.05, 0.1) is 0 Å². The minimum atomic E-state index is -0.0706. The quantitative estimate of drug-likeness (QED) is 0.837. The van der Waals surface area contributed by atoms with E-state index in [1.54, 1.807) is 0 Å². The second-order valence-corrected chi connectivity index (χ2v) is 6.58. The highest BCUT2D eigenvalue weighted by Gasteiger charge is 2.14. The predicted octanol–water partition coefficient (Wildman–Crippen LogP) is 4.85. The summed E-state index contributed by atoms with van der Waals surface area (Å²) in [5.74, 6) is -0.0706. The molecule has 0 unspecified atom stereocenters. The molecule has 0 aromatic heterocycles. The molecule has 0 aliphatic rings. The molecule has 0 spiro atoms. The maximum Gasteiger partial charge on any atom is 0.255 e. The molecule has 0 bridgehead atoms. The van der Waals surface area contributed by atoms with Gasteiger partial charge in [-0.1, -0.05) is 39.0 Å². The highest BCUT2D eigenvalue weighted by molar-refractivity contribution is 6.04. The number of anilines is 1. The molecule has 0 saturated carbocycles. The first-order valence-electron chi connectivity index (χ1n) is 7.26. The van der Waals surface area contributed by atoms with E-state index in [4.69, 9.17) is 0 Å². The third kappa shape index (κ3) is 3.72. The summed E-state index contributed by atoms with van der Waals surface area (Å²) in [6.45, 7) is 10.6. The van der Waals surface area contributed by atoms with Crippen LogP contribution in [0.5, 0.6) is 0 Å². The fourth-order valence-electron chi connectivity index (χ4n) is 2.14. The molecule has 2 aromatic rings. The average molecular weight is 281 g/mol. The molecular weight excluding hydrogens is 258 g/mol. The van der Waals surface area contributed by atoms with Crippen LogP contribution in [-0.4, -0.2) is 5.91 Å². The van der Waals surface area contributed by atoms with E-state index in [0.29, 0.717) is 5.56 Å². The van der Waals surface area contributed by atoms with Crippen molar-refractivity contribution < 1.29 is 4.79 Å². The summed E-state index contributed by atoms with van der Waals surface area (Å²) in [6, 6.07) is 13.8. The van der Waals surface area contributed by atoms with Crippen molar-refractivity contribution in [2.24, 2.45) is 0 Å². The molecule has 2 aromatic carbocycles. The van der Waals surface area contributed by atoms with Gasteiger partial charge in [-0.25, -0.2) is 0 Å². The van der Waals surface area contributed by atoms with Gasteiger partial charge in [-0.15, -0.1) is 0 Å². The van der Waals surface area contributed by atoms with Gasteiger partial charge in [-0.3, -0.25) is 4.79 Å². The van der Waals surface area contributed by atoms with Crippen LogP contribution in [0.4, 0.5) is 5.69 Å². The number of aryl methyl sites for hydroxylation is 2. The summed E-state index contributed by atoms with van der Waals surface area (Å²) in [5.41, 5.74) is 5.25. The lowest BCUT2D eigenvalue weighted by atomic mass is 9.87. The number of carbonyl (C=O) groups is 1. The van der Waals surface area contributed by atoms with Crippen molar-refractivity contribution in [1.29, 1.82) is 0 Å². The number of carbonyl (C=O) groups excluding carboxylic acids is 1. The Labute approximate surface area is 127 Å². The Morgan fingerprint density at radius 1 is 0.905 bits per heavy atom. The van der Waals surface area contributed by atoms with Crippen molar-refractivity contribution in [2.75, 3.05) is 5.32 Å². The molecule has 2 heteroatoms. The zero-order valence-corrected chi connectivity index (χ0v) is 13.4. The minimum absolute atomic E-state index is 0.0706. The lowest BCUT2D eigenvalue weighted by Crippen LogP contribution is -2.14. The molecule has 1 amide bonds. The molecule has 0 saturated heterocycles. The monoisotopic (exact) mass is 281 g/mol. The van der Waals surface area contributed by atoms with E-state index in [1.165, 1.54) is 16.7 Å². The van der Waals surface area contributed by atoms with Gasteiger partial charge >= 0.3 is 0 Å². The van der Waals surface area contributed by atoms with Crippen molar-refractivity contribution in [1.82, 2.24) is 0 Å². The van der Waals surface area contributed by atoms with Crippen LogP contribution in [0.15, 0.2) is 42.5 Å². The van der Waals surface area contributed by atoms with Crippen molar-refractivity contribution in [3.63, 3.8) is 0 Å². The fraction of sp³-hybridized carbons (Fsp3) is 0.316. The fourth-order valence-corrected chi connectivity index (χ4v) is 2.14. The van der Waals surface area contributed by atoms with Gasteiger partial charge in [0.1, 0.15) is 0 Å². The van der Waals surface area contributed by atoms with E-state index < -0.39 is 0 Å². The molecule has 0 fully saturated rings. The molecular formula is C19H23NO. The average Bonchev–Trinajstić information content (AvgIpc) is 2.42. The largest absolute Gasteiger partial charge is 0.322 e. The minimum Gasteiger partial charge on any atom is -0.322 e. The summed E-state index contributed by atoms with van der Waals surface area (Å²) < 4.78 is 0. The van der Waals surface area contributed by atoms with Crippen molar-refractivity contribution >= 4 is 11.6 Å². The third-order valence-corrected chi connectivity index (χ3v) is 3.78. The number of hydrogen-bond acceptors (Lipinski definition) is 1. The Morgan fingerprint density at radius 2 is 1.52 bits per heavy atom. The van der Waals surface area contributed by atoms with Crippen LogP contribution in [0.25, 0.3) is 0 Å². The molecule has 21 heavy (non-hydrogen) atoms. The van der Waals surface area contributed by atoms with E-state index in [-0.39, 0.29) is 11.3 Å². The number of amides is 1. The van der Waals surface area contributed by atoms with Crippen LogP contribution in [-0.2, 0) is 5.41 Å². The molecule has 0 aliphatic carbocycles. The molecule has 2 nitrogen and oxygen atoms in total. The predicted molar refractivity (Wildman–Crippen MR) is 89.0 cm³/mol. The lowest BCUT2D eigenvalue weighted by molar-refractivity contribution is 0.102. The molecule has 0 atom stereocenters. The van der Waals surface area contributed by atoms with Crippen LogP contribution in [0.2, 0.25) is 0 Å². The Bertz CT molecular complexity index is 648. The Balaban J connectivity index is 2.15. The summed E-state index contributed by atoms with van der Waals surface area (Å²) in [5, 5.41) is 2.95. The van der Waals surface area contributed by atoms with Gasteiger partial charge in [0.2, 0.25) is 0 Å². The smallest absolute Gasteiger partial charge is 0.255 e. The van der Waals surface area contributed by atoms with Crippen molar-refractivity contribution in [2.45, 2.75) is 40.0 Å². The number of nitrogens with one attached hydrogen (secondary N) is 1. The second-order valence-electron chi connectivity index (χ2n) is 6.58. The zero-order chi connectivity index (χ0) is 15.6. The maximum absolute atomic E-state index is 12.3. The molecule has 0 heterocycles. The third-order valence-electron chi connectivity index (χ3n) is 3.78. The number of hydrogen-bond donors (Lipinski definition) is 1. The second kappa shape index (κ2) is 5.72. The van der Waals surface area contributed by atoms with Gasteiger partial charge < -0.3 is 5.32 Å². The van der Waals surface area contributed by atoms with E-state index in [0.717, 1.165) is 5.69 Å². The summed E-state index contributed by atoms with van der Waals surface area (Å²) in [6.07, 6.45) is 0. The first kappa shape index (κ1) is 15.3. The van der Waals surface area contributed by atoms with Crippen molar-refractivity contribution in [3.05, 3.63) is 64.7 Å². The van der Waals surface area contributed by atoms with Crippen molar-refractivity contribution in [3.8, 4) is 0 Å². The molecule has 0 aliphatic heterocycles. The summed E-state index contributed by atoms with van der Waals surface area (Å²) >= 11 is 0. The van der Waals surface area contributed by atoms with E-state index in [9.17, 15) is 4.79 Å². The van der Waals surface area contributed by atoms with Gasteiger partial charge in [-0.2, -0.15) is 0 Å². The zero-order valence-electron chi connectivity index (χ0n) is 13.4. The topological polar surface area (TPSA) is 29.1 Å². The van der Waals surface area contributed by atoms with Gasteiger partial charge in [0, 0.05) is 11.3 Å². The standard InChI is InChI=1S/C19H23NO/c1-13-6-11-17(12-14(13)2)20-18(21)15-7-9-16(10-8-15)19(3,4)5/h6-12H,1-5H3,(H,20,21). The first-order chi connectivity index (χ1) is 9.77. The van der Waals surface area contributed by atoms with Crippen LogP contribution in [0.3, 0.4) is 0 Å². The SMILES string of the molecule is Cc1ccc(NC(=O)c2ccc(C(C)(C)C)cc2)cc1C. The summed E-state index contributed by atoms with van der Waals surface area (Å²) in [7, 11) is 0. The van der Waals surface area contributed by atoms with Crippen LogP contribution in [0, 0.1) is 13.8 Å². The number of benzene rings is 2. The highest BCUT2D eigenvalue weighted by Crippen LogP contribution is 2.22. The summed E-state index contributed by atoms with van der Waals surface area (Å²) in [4.78, 5) is 12.3. The maximum atomic E-state index is 12.3. The Hall–Kier alpha value is -2.09. The van der Waals surface area contributed by atoms with Gasteiger partial charge in [0.25, 0.3) is 5.91 Å². The van der Waals surface area contributed by atoms with E-state index in [2.05, 4.69) is 33.0 Å². The first-order valence-corrected chi connectivity index (χ1v) is 7.26. The van der Waals surface area contributed by atoms with Crippen LogP contribution >= 0.6 is 0 Å². The van der Waals surface area contributed by atoms with E-state index in [1.807, 2.05) is 49.4 Å². The molecule has 2 rings (SSSR count). The van der Waals surface area contributed by atoms with Crippen LogP contribution < -0.4 is 5.32 Å². The molecule has 0 radical (unpaired) electrons. The Morgan fingerprint density at radius 3 is 2.05 bits per heavy atom. The number of rotatable bonds is 2. The highest BCUT2D eigenvalue weighted by atomic mass is 16.1. The van der Waals surface area contributed by atoms with Gasteiger partial charge in [0.15, 0.2) is 0 Å². The van der Waals surface area contributed by atoms with E-state index >= 15 is 0 Å². The molecule has 110 valence electrons. The lowest BCUT2D eigenvalue weighted by Gasteiger charge is -2.19. The Kier molecular flexibility index (Phi) is 4.17.